The van der Waals surface area contributed by atoms with Crippen molar-refractivity contribution in [2.75, 3.05) is 0 Å². The maximum atomic E-state index is 12.3. The molecule has 122 valence electrons. The van der Waals surface area contributed by atoms with Crippen LogP contribution >= 0.6 is 0 Å². The quantitative estimate of drug-likeness (QED) is 0.814. The zero-order valence-electron chi connectivity index (χ0n) is 13.6. The van der Waals surface area contributed by atoms with E-state index in [1.54, 1.807) is 0 Å². The number of carbonyl (C=O) groups excluding carboxylic acids is 1. The molecule has 0 fully saturated rings. The van der Waals surface area contributed by atoms with Crippen LogP contribution in [0.5, 0.6) is 0 Å². The van der Waals surface area contributed by atoms with Crippen LogP contribution in [0.15, 0.2) is 42.5 Å². The molecule has 0 spiro atoms. The van der Waals surface area contributed by atoms with Crippen molar-refractivity contribution in [3.63, 3.8) is 0 Å². The molecular weight excluding hydrogens is 290 g/mol. The highest BCUT2D eigenvalue weighted by Gasteiger charge is 2.22. The summed E-state index contributed by atoms with van der Waals surface area (Å²) in [6.07, 6.45) is 1.38. The molecule has 0 heterocycles. The van der Waals surface area contributed by atoms with Gasteiger partial charge in [-0.2, -0.15) is 0 Å². The molecule has 0 aliphatic carbocycles. The fraction of sp³-hybridized carbons (Fsp3) is 0.368. The van der Waals surface area contributed by atoms with Crippen LogP contribution < -0.4 is 5.32 Å². The molecule has 0 unspecified atom stereocenters. The third-order valence-corrected chi connectivity index (χ3v) is 4.23. The molecule has 1 amide bonds. The number of carbonyl (C=O) groups is 2. The Labute approximate surface area is 136 Å². The minimum atomic E-state index is -0.923. The fourth-order valence-corrected chi connectivity index (χ4v) is 2.80. The maximum Gasteiger partial charge on any atom is 0.305 e. The Balaban J connectivity index is 2.29. The molecule has 1 atom stereocenters. The number of hydrogen-bond donors (Lipinski definition) is 2. The third kappa shape index (κ3) is 4.31. The molecule has 0 radical (unpaired) electrons. The van der Waals surface area contributed by atoms with Gasteiger partial charge >= 0.3 is 5.97 Å². The highest BCUT2D eigenvalue weighted by atomic mass is 16.4. The van der Waals surface area contributed by atoms with E-state index in [0.29, 0.717) is 0 Å². The lowest BCUT2D eigenvalue weighted by Gasteiger charge is -2.21. The fourth-order valence-electron chi connectivity index (χ4n) is 2.80. The van der Waals surface area contributed by atoms with Gasteiger partial charge in [-0.05, 0) is 35.2 Å². The lowest BCUT2D eigenvalue weighted by Crippen LogP contribution is -2.34. The molecule has 2 rings (SSSR count). The van der Waals surface area contributed by atoms with E-state index in [9.17, 15) is 14.7 Å². The van der Waals surface area contributed by atoms with Crippen molar-refractivity contribution in [2.45, 2.75) is 39.2 Å². The molecule has 2 aromatic rings. The molecule has 4 heteroatoms. The Bertz CT molecular complexity index is 692. The molecule has 0 aliphatic heterocycles. The van der Waals surface area contributed by atoms with E-state index in [0.717, 1.165) is 29.2 Å². The monoisotopic (exact) mass is 313 g/mol. The van der Waals surface area contributed by atoms with Crippen molar-refractivity contribution in [1.29, 1.82) is 0 Å². The predicted molar refractivity (Wildman–Crippen MR) is 91.2 cm³/mol. The van der Waals surface area contributed by atoms with Crippen LogP contribution in [0.4, 0.5) is 0 Å². The molecular formula is C19H23NO3. The molecule has 0 saturated carbocycles. The van der Waals surface area contributed by atoms with Crippen molar-refractivity contribution in [3.05, 3.63) is 48.0 Å². The first-order valence-electron chi connectivity index (χ1n) is 8.06. The molecule has 0 aromatic heterocycles. The maximum absolute atomic E-state index is 12.3. The number of carboxylic acid groups (broad SMARTS) is 1. The van der Waals surface area contributed by atoms with Crippen molar-refractivity contribution >= 4 is 22.6 Å². The van der Waals surface area contributed by atoms with Gasteiger partial charge in [0.25, 0.3) is 0 Å². The topological polar surface area (TPSA) is 66.4 Å². The average Bonchev–Trinajstić information content (AvgIpc) is 2.54. The van der Waals surface area contributed by atoms with E-state index in [1.165, 1.54) is 0 Å². The Kier molecular flexibility index (Phi) is 5.74. The van der Waals surface area contributed by atoms with E-state index in [-0.39, 0.29) is 18.2 Å². The van der Waals surface area contributed by atoms with E-state index in [4.69, 9.17) is 0 Å². The first kappa shape index (κ1) is 17.0. The summed E-state index contributed by atoms with van der Waals surface area (Å²) in [5.74, 6) is -1.07. The number of hydrogen-bond acceptors (Lipinski definition) is 2. The SMILES string of the molecule is CCC(CC)C(=O)N[C@@H](CC(=O)O)c1ccc2ccccc2c1. The first-order chi connectivity index (χ1) is 11.0. The van der Waals surface area contributed by atoms with Gasteiger partial charge in [0, 0.05) is 5.92 Å². The highest BCUT2D eigenvalue weighted by Crippen LogP contribution is 2.23. The normalized spacial score (nSPS) is 12.3. The third-order valence-electron chi connectivity index (χ3n) is 4.23. The van der Waals surface area contributed by atoms with Crippen molar-refractivity contribution in [3.8, 4) is 0 Å². The van der Waals surface area contributed by atoms with E-state index < -0.39 is 12.0 Å². The van der Waals surface area contributed by atoms with Crippen molar-refractivity contribution in [2.24, 2.45) is 5.92 Å². The predicted octanol–water partition coefficient (Wildman–Crippen LogP) is 3.91. The number of nitrogens with one attached hydrogen (secondary N) is 1. The van der Waals surface area contributed by atoms with Gasteiger partial charge in [0.15, 0.2) is 0 Å². The number of carboxylic acids is 1. The lowest BCUT2D eigenvalue weighted by atomic mass is 9.97. The summed E-state index contributed by atoms with van der Waals surface area (Å²) in [4.78, 5) is 23.5. The van der Waals surface area contributed by atoms with Crippen molar-refractivity contribution in [1.82, 2.24) is 5.32 Å². The van der Waals surface area contributed by atoms with E-state index >= 15 is 0 Å². The zero-order valence-corrected chi connectivity index (χ0v) is 13.6. The molecule has 0 bridgehead atoms. The Hall–Kier alpha value is -2.36. The largest absolute Gasteiger partial charge is 0.481 e. The smallest absolute Gasteiger partial charge is 0.305 e. The van der Waals surface area contributed by atoms with Crippen LogP contribution in [0.1, 0.15) is 44.7 Å². The summed E-state index contributed by atoms with van der Waals surface area (Å²) >= 11 is 0. The molecule has 4 nitrogen and oxygen atoms in total. The van der Waals surface area contributed by atoms with Crippen LogP contribution in [0, 0.1) is 5.92 Å². The number of fused-ring (bicyclic) bond motifs is 1. The second-order valence-corrected chi connectivity index (χ2v) is 5.78. The number of aliphatic carboxylic acids is 1. The van der Waals surface area contributed by atoms with Gasteiger partial charge in [0.05, 0.1) is 12.5 Å². The van der Waals surface area contributed by atoms with Crippen LogP contribution in [0.25, 0.3) is 10.8 Å². The van der Waals surface area contributed by atoms with Gasteiger partial charge in [0.1, 0.15) is 0 Å². The van der Waals surface area contributed by atoms with Crippen LogP contribution in [-0.4, -0.2) is 17.0 Å². The first-order valence-corrected chi connectivity index (χ1v) is 8.06. The summed E-state index contributed by atoms with van der Waals surface area (Å²) in [7, 11) is 0. The van der Waals surface area contributed by atoms with Crippen LogP contribution in [-0.2, 0) is 9.59 Å². The molecule has 2 aromatic carbocycles. The summed E-state index contributed by atoms with van der Waals surface area (Å²) in [6, 6.07) is 13.2. The minimum Gasteiger partial charge on any atom is -0.481 e. The Morgan fingerprint density at radius 3 is 2.30 bits per heavy atom. The Morgan fingerprint density at radius 2 is 1.70 bits per heavy atom. The summed E-state index contributed by atoms with van der Waals surface area (Å²) < 4.78 is 0. The standard InChI is InChI=1S/C19H23NO3/c1-3-13(4-2)19(23)20-17(12-18(21)22)16-10-9-14-7-5-6-8-15(14)11-16/h5-11,13,17H,3-4,12H2,1-2H3,(H,20,23)(H,21,22)/t17-/m0/s1. The molecule has 2 N–H and O–H groups in total. The van der Waals surface area contributed by atoms with Crippen LogP contribution in [0.3, 0.4) is 0 Å². The Morgan fingerprint density at radius 1 is 1.04 bits per heavy atom. The summed E-state index contributed by atoms with van der Waals surface area (Å²) in [5, 5.41) is 14.2. The summed E-state index contributed by atoms with van der Waals surface area (Å²) in [5.41, 5.74) is 0.824. The van der Waals surface area contributed by atoms with Gasteiger partial charge in [-0.25, -0.2) is 0 Å². The zero-order chi connectivity index (χ0) is 16.8. The number of amides is 1. The second-order valence-electron chi connectivity index (χ2n) is 5.78. The molecule has 0 aliphatic rings. The van der Waals surface area contributed by atoms with Gasteiger partial charge in [0.2, 0.25) is 5.91 Å². The molecule has 0 saturated heterocycles. The van der Waals surface area contributed by atoms with Gasteiger partial charge in [-0.15, -0.1) is 0 Å². The van der Waals surface area contributed by atoms with Crippen molar-refractivity contribution < 1.29 is 14.7 Å². The van der Waals surface area contributed by atoms with E-state index in [2.05, 4.69) is 5.32 Å². The minimum absolute atomic E-state index is 0.0746. The van der Waals surface area contributed by atoms with Gasteiger partial charge in [-0.1, -0.05) is 50.2 Å². The average molecular weight is 313 g/mol. The van der Waals surface area contributed by atoms with Gasteiger partial charge in [-0.3, -0.25) is 9.59 Å². The second kappa shape index (κ2) is 7.77. The number of benzene rings is 2. The van der Waals surface area contributed by atoms with Crippen LogP contribution in [0.2, 0.25) is 0 Å². The summed E-state index contributed by atoms with van der Waals surface area (Å²) in [6.45, 7) is 3.94. The van der Waals surface area contributed by atoms with Gasteiger partial charge < -0.3 is 10.4 Å². The lowest BCUT2D eigenvalue weighted by molar-refractivity contribution is -0.138. The highest BCUT2D eigenvalue weighted by molar-refractivity contribution is 5.84. The molecule has 23 heavy (non-hydrogen) atoms. The number of rotatable bonds is 7. The van der Waals surface area contributed by atoms with E-state index in [1.807, 2.05) is 56.3 Å².